The molecular weight excluding hydrogens is 384 g/mol. The van der Waals surface area contributed by atoms with Crippen LogP contribution in [-0.2, 0) is 16.0 Å². The van der Waals surface area contributed by atoms with Gasteiger partial charge in [0.15, 0.2) is 17.5 Å². The first-order valence-corrected chi connectivity index (χ1v) is 9.96. The van der Waals surface area contributed by atoms with Crippen molar-refractivity contribution < 1.29 is 27.7 Å². The summed E-state index contributed by atoms with van der Waals surface area (Å²) in [4.78, 5) is 4.18. The van der Waals surface area contributed by atoms with Crippen molar-refractivity contribution in [1.29, 1.82) is 0 Å². The predicted molar refractivity (Wildman–Crippen MR) is 107 cm³/mol. The van der Waals surface area contributed by atoms with Crippen LogP contribution in [-0.4, -0.2) is 58.7 Å². The van der Waals surface area contributed by atoms with E-state index < -0.39 is 6.61 Å². The first kappa shape index (κ1) is 23.2. The molecule has 0 radical (unpaired) electrons. The Morgan fingerprint density at radius 1 is 1.31 bits per heavy atom. The molecule has 0 aliphatic carbocycles. The number of alkyl halides is 2. The zero-order chi connectivity index (χ0) is 20.9. The van der Waals surface area contributed by atoms with Crippen molar-refractivity contribution in [2.75, 3.05) is 40.0 Å². The van der Waals surface area contributed by atoms with Gasteiger partial charge in [-0.05, 0) is 43.9 Å². The zero-order valence-electron chi connectivity index (χ0n) is 17.1. The smallest absolute Gasteiger partial charge is 0.387 e. The number of aliphatic imine (C=N–C) groups is 1. The molecule has 29 heavy (non-hydrogen) atoms. The minimum atomic E-state index is -2.89. The normalized spacial score (nSPS) is 16.9. The van der Waals surface area contributed by atoms with Gasteiger partial charge in [0.05, 0.1) is 19.3 Å². The molecule has 0 spiro atoms. The molecule has 0 bridgehead atoms. The van der Waals surface area contributed by atoms with Gasteiger partial charge in [0, 0.05) is 33.4 Å². The summed E-state index contributed by atoms with van der Waals surface area (Å²) in [5.41, 5.74) is 0.859. The summed E-state index contributed by atoms with van der Waals surface area (Å²) in [6.07, 6.45) is 3.29. The molecule has 1 heterocycles. The molecule has 1 unspecified atom stereocenters. The largest absolute Gasteiger partial charge is 0.490 e. The fourth-order valence-corrected chi connectivity index (χ4v) is 2.90. The fraction of sp³-hybridized carbons (Fsp3) is 0.650. The summed E-state index contributed by atoms with van der Waals surface area (Å²) >= 11 is 0. The summed E-state index contributed by atoms with van der Waals surface area (Å²) in [6, 6.07) is 4.87. The van der Waals surface area contributed by atoms with Gasteiger partial charge in [0.25, 0.3) is 0 Å². The van der Waals surface area contributed by atoms with Crippen LogP contribution in [0.25, 0.3) is 0 Å². The van der Waals surface area contributed by atoms with E-state index >= 15 is 0 Å². The van der Waals surface area contributed by atoms with Crippen LogP contribution >= 0.6 is 0 Å². The van der Waals surface area contributed by atoms with E-state index in [0.29, 0.717) is 38.1 Å². The third-order valence-corrected chi connectivity index (χ3v) is 4.29. The molecule has 9 heteroatoms. The molecule has 1 aromatic carbocycles. The molecule has 7 nitrogen and oxygen atoms in total. The summed E-state index contributed by atoms with van der Waals surface area (Å²) in [6.45, 7) is 2.58. The number of hydrogen-bond donors (Lipinski definition) is 2. The van der Waals surface area contributed by atoms with Crippen LogP contribution in [0.4, 0.5) is 8.78 Å². The van der Waals surface area contributed by atoms with Crippen LogP contribution in [0.5, 0.6) is 11.5 Å². The molecule has 1 aromatic rings. The Kier molecular flexibility index (Phi) is 10.5. The maximum absolute atomic E-state index is 12.5. The fourth-order valence-electron chi connectivity index (χ4n) is 2.90. The van der Waals surface area contributed by atoms with Gasteiger partial charge < -0.3 is 29.6 Å². The highest BCUT2D eigenvalue weighted by molar-refractivity contribution is 5.79. The van der Waals surface area contributed by atoms with Gasteiger partial charge in [-0.25, -0.2) is 0 Å². The Morgan fingerprint density at radius 2 is 2.17 bits per heavy atom. The Balaban J connectivity index is 1.70. The summed E-state index contributed by atoms with van der Waals surface area (Å²) in [7, 11) is 1.69. The average Bonchev–Trinajstić information content (AvgIpc) is 3.22. The first-order chi connectivity index (χ1) is 14.1. The van der Waals surface area contributed by atoms with E-state index in [-0.39, 0.29) is 11.9 Å². The van der Waals surface area contributed by atoms with Crippen molar-refractivity contribution in [3.8, 4) is 11.5 Å². The van der Waals surface area contributed by atoms with E-state index in [1.807, 2.05) is 0 Å². The third kappa shape index (κ3) is 8.82. The van der Waals surface area contributed by atoms with E-state index in [4.69, 9.17) is 14.2 Å². The second-order valence-corrected chi connectivity index (χ2v) is 6.51. The van der Waals surface area contributed by atoms with Crippen LogP contribution in [0.2, 0.25) is 0 Å². The van der Waals surface area contributed by atoms with Gasteiger partial charge in [-0.1, -0.05) is 6.07 Å². The van der Waals surface area contributed by atoms with Crippen molar-refractivity contribution >= 4 is 5.96 Å². The summed E-state index contributed by atoms with van der Waals surface area (Å²) in [5.74, 6) is 0.963. The number of halogens is 2. The average molecular weight is 415 g/mol. The van der Waals surface area contributed by atoms with Crippen LogP contribution in [0.1, 0.15) is 31.7 Å². The maximum atomic E-state index is 12.5. The van der Waals surface area contributed by atoms with Crippen LogP contribution in [0.3, 0.4) is 0 Å². The van der Waals surface area contributed by atoms with Gasteiger partial charge in [-0.2, -0.15) is 8.78 Å². The second-order valence-electron chi connectivity index (χ2n) is 6.51. The van der Waals surface area contributed by atoms with Crippen LogP contribution in [0, 0.1) is 0 Å². The Labute approximate surface area is 170 Å². The predicted octanol–water partition coefficient (Wildman–Crippen LogP) is 2.94. The molecule has 2 N–H and O–H groups in total. The summed E-state index contributed by atoms with van der Waals surface area (Å²) in [5, 5.41) is 6.40. The molecular formula is C20H31F2N3O4. The van der Waals surface area contributed by atoms with Gasteiger partial charge >= 0.3 is 6.61 Å². The second kappa shape index (κ2) is 13.2. The monoisotopic (exact) mass is 415 g/mol. The van der Waals surface area contributed by atoms with Gasteiger partial charge in [0.1, 0.15) is 0 Å². The van der Waals surface area contributed by atoms with E-state index in [1.54, 1.807) is 26.1 Å². The minimum absolute atomic E-state index is 0.0242. The Morgan fingerprint density at radius 3 is 2.86 bits per heavy atom. The highest BCUT2D eigenvalue weighted by atomic mass is 19.3. The van der Waals surface area contributed by atoms with Crippen LogP contribution in [0.15, 0.2) is 23.2 Å². The number of rotatable bonds is 12. The lowest BCUT2D eigenvalue weighted by Crippen LogP contribution is -2.37. The molecule has 0 saturated carbocycles. The van der Waals surface area contributed by atoms with Crippen molar-refractivity contribution in [1.82, 2.24) is 10.6 Å². The molecule has 1 fully saturated rings. The minimum Gasteiger partial charge on any atom is -0.490 e. The lowest BCUT2D eigenvalue weighted by Gasteiger charge is -2.15. The number of nitrogens with one attached hydrogen (secondary N) is 2. The van der Waals surface area contributed by atoms with Crippen molar-refractivity contribution in [2.45, 2.75) is 45.4 Å². The lowest BCUT2D eigenvalue weighted by atomic mass is 10.2. The SMILES string of the molecule is CCOc1cc(CNC(=NC)NCCCOCC2CCCO2)ccc1OC(F)F. The van der Waals surface area contributed by atoms with Gasteiger partial charge in [-0.3, -0.25) is 4.99 Å². The maximum Gasteiger partial charge on any atom is 0.387 e. The standard InChI is InChI=1S/C20H31F2N3O4/c1-3-27-18-12-15(7-8-17(18)29-19(21)22)13-25-20(23-2)24-9-5-10-26-14-16-6-4-11-28-16/h7-8,12,16,19H,3-6,9-11,13-14H2,1-2H3,(H2,23,24,25). The number of guanidine groups is 1. The lowest BCUT2D eigenvalue weighted by molar-refractivity contribution is -0.0514. The van der Waals surface area contributed by atoms with Crippen molar-refractivity contribution in [3.63, 3.8) is 0 Å². The van der Waals surface area contributed by atoms with Gasteiger partial charge in [-0.15, -0.1) is 0 Å². The van der Waals surface area contributed by atoms with Crippen LogP contribution < -0.4 is 20.1 Å². The molecule has 0 amide bonds. The van der Waals surface area contributed by atoms with Crippen molar-refractivity contribution in [3.05, 3.63) is 23.8 Å². The van der Waals surface area contributed by atoms with E-state index in [9.17, 15) is 8.78 Å². The molecule has 1 aliphatic heterocycles. The molecule has 164 valence electrons. The Hall–Kier alpha value is -2.13. The summed E-state index contributed by atoms with van der Waals surface area (Å²) < 4.78 is 46.0. The van der Waals surface area contributed by atoms with E-state index in [0.717, 1.165) is 38.0 Å². The number of ether oxygens (including phenoxy) is 4. The zero-order valence-corrected chi connectivity index (χ0v) is 17.1. The Bertz CT molecular complexity index is 626. The van der Waals surface area contributed by atoms with Gasteiger partial charge in [0.2, 0.25) is 0 Å². The number of hydrogen-bond acceptors (Lipinski definition) is 5. The molecule has 0 aromatic heterocycles. The van der Waals surface area contributed by atoms with E-state index in [2.05, 4.69) is 20.4 Å². The first-order valence-electron chi connectivity index (χ1n) is 9.96. The molecule has 1 atom stereocenters. The quantitative estimate of drug-likeness (QED) is 0.311. The number of nitrogens with zero attached hydrogens (tertiary/aromatic N) is 1. The van der Waals surface area contributed by atoms with Crippen molar-refractivity contribution in [2.24, 2.45) is 4.99 Å². The highest BCUT2D eigenvalue weighted by Crippen LogP contribution is 2.29. The topological polar surface area (TPSA) is 73.3 Å². The molecule has 1 aliphatic rings. The number of benzene rings is 1. The molecule has 2 rings (SSSR count). The molecule has 1 saturated heterocycles. The third-order valence-electron chi connectivity index (χ3n) is 4.29. The highest BCUT2D eigenvalue weighted by Gasteiger charge is 2.15. The van der Waals surface area contributed by atoms with E-state index in [1.165, 1.54) is 6.07 Å².